The molecule has 4 heterocycles. The van der Waals surface area contributed by atoms with Gasteiger partial charge in [0.15, 0.2) is 0 Å². The molecule has 0 bridgehead atoms. The van der Waals surface area contributed by atoms with Crippen LogP contribution in [0.5, 0.6) is 5.75 Å². The number of nitrogens with zero attached hydrogens (tertiary/aromatic N) is 4. The number of nitrogens with one attached hydrogen (secondary N) is 1. The molecule has 1 aliphatic rings. The van der Waals surface area contributed by atoms with E-state index in [-0.39, 0.29) is 24.6 Å². The fourth-order valence-corrected chi connectivity index (χ4v) is 4.31. The van der Waals surface area contributed by atoms with Gasteiger partial charge in [0.2, 0.25) is 0 Å². The van der Waals surface area contributed by atoms with Crippen LogP contribution < -0.4 is 4.74 Å². The van der Waals surface area contributed by atoms with Crippen LogP contribution in [0.3, 0.4) is 0 Å². The van der Waals surface area contributed by atoms with Crippen molar-refractivity contribution < 1.29 is 19.1 Å². The SMILES string of the molecule is COc1cnc(-c2cccnc2)c2[nH]cc(C(=O)C(=O)N3CCN(C(=O)c4ccccc4)CC3)c12. The van der Waals surface area contributed by atoms with Crippen LogP contribution in [0.1, 0.15) is 20.7 Å². The lowest BCUT2D eigenvalue weighted by Gasteiger charge is -2.34. The Morgan fingerprint density at radius 3 is 2.37 bits per heavy atom. The number of H-pyrrole nitrogens is 1. The van der Waals surface area contributed by atoms with Gasteiger partial charge in [-0.25, -0.2) is 0 Å². The number of aromatic nitrogens is 3. The van der Waals surface area contributed by atoms with Gasteiger partial charge in [0.05, 0.1) is 35.5 Å². The summed E-state index contributed by atoms with van der Waals surface area (Å²) in [5, 5.41) is 0.498. The minimum Gasteiger partial charge on any atom is -0.494 e. The van der Waals surface area contributed by atoms with Crippen molar-refractivity contribution in [1.29, 1.82) is 0 Å². The summed E-state index contributed by atoms with van der Waals surface area (Å²) in [7, 11) is 1.49. The number of hydrogen-bond acceptors (Lipinski definition) is 6. The summed E-state index contributed by atoms with van der Waals surface area (Å²) in [6.45, 7) is 1.29. The van der Waals surface area contributed by atoms with Crippen molar-refractivity contribution in [2.75, 3.05) is 33.3 Å². The highest BCUT2D eigenvalue weighted by molar-refractivity contribution is 6.45. The molecule has 0 radical (unpaired) electrons. The van der Waals surface area contributed by atoms with E-state index in [0.29, 0.717) is 41.0 Å². The quantitative estimate of drug-likeness (QED) is 0.356. The average molecular weight is 470 g/mol. The molecule has 5 rings (SSSR count). The molecule has 9 nitrogen and oxygen atoms in total. The van der Waals surface area contributed by atoms with Gasteiger partial charge >= 0.3 is 0 Å². The molecular weight excluding hydrogens is 446 g/mol. The number of aromatic amines is 1. The number of carbonyl (C=O) groups is 3. The Labute approximate surface area is 201 Å². The molecule has 1 fully saturated rings. The molecule has 0 spiro atoms. The first-order valence-electron chi connectivity index (χ1n) is 11.2. The fraction of sp³-hybridized carbons (Fsp3) is 0.192. The Bertz CT molecular complexity index is 1390. The van der Waals surface area contributed by atoms with E-state index in [2.05, 4.69) is 15.0 Å². The van der Waals surface area contributed by atoms with E-state index in [1.807, 2.05) is 24.3 Å². The van der Waals surface area contributed by atoms with Crippen LogP contribution in [-0.4, -0.2) is 75.6 Å². The second-order valence-corrected chi connectivity index (χ2v) is 8.15. The molecule has 0 atom stereocenters. The second kappa shape index (κ2) is 9.38. The van der Waals surface area contributed by atoms with Crippen molar-refractivity contribution in [3.8, 4) is 17.0 Å². The number of amides is 2. The predicted octanol–water partition coefficient (Wildman–Crippen LogP) is 2.80. The summed E-state index contributed by atoms with van der Waals surface area (Å²) in [5.41, 5.74) is 2.79. The molecule has 0 aliphatic carbocycles. The zero-order chi connectivity index (χ0) is 24.4. The highest BCUT2D eigenvalue weighted by Gasteiger charge is 2.31. The monoisotopic (exact) mass is 469 g/mol. The first-order chi connectivity index (χ1) is 17.1. The van der Waals surface area contributed by atoms with Crippen molar-refractivity contribution in [3.63, 3.8) is 0 Å². The molecule has 3 aromatic heterocycles. The topological polar surface area (TPSA) is 108 Å². The van der Waals surface area contributed by atoms with Gasteiger partial charge in [-0.3, -0.25) is 24.4 Å². The lowest BCUT2D eigenvalue weighted by Crippen LogP contribution is -2.52. The fourth-order valence-electron chi connectivity index (χ4n) is 4.31. The van der Waals surface area contributed by atoms with Crippen molar-refractivity contribution >= 4 is 28.5 Å². The number of benzene rings is 1. The first-order valence-corrected chi connectivity index (χ1v) is 11.2. The molecule has 4 aromatic rings. The molecule has 176 valence electrons. The summed E-state index contributed by atoms with van der Waals surface area (Å²) < 4.78 is 5.46. The summed E-state index contributed by atoms with van der Waals surface area (Å²) >= 11 is 0. The number of hydrogen-bond donors (Lipinski definition) is 1. The predicted molar refractivity (Wildman–Crippen MR) is 129 cm³/mol. The number of rotatable bonds is 5. The van der Waals surface area contributed by atoms with Gasteiger partial charge < -0.3 is 19.5 Å². The summed E-state index contributed by atoms with van der Waals surface area (Å²) in [5.74, 6) is -0.940. The first kappa shape index (κ1) is 22.3. The number of Topliss-reactive ketones (excluding diaryl/α,β-unsaturated/α-hetero) is 1. The molecule has 1 aromatic carbocycles. The third-order valence-electron chi connectivity index (χ3n) is 6.14. The van der Waals surface area contributed by atoms with E-state index < -0.39 is 11.7 Å². The maximum atomic E-state index is 13.3. The van der Waals surface area contributed by atoms with Crippen LogP contribution in [-0.2, 0) is 4.79 Å². The van der Waals surface area contributed by atoms with E-state index in [0.717, 1.165) is 5.56 Å². The summed E-state index contributed by atoms with van der Waals surface area (Å²) in [4.78, 5) is 54.0. The third kappa shape index (κ3) is 4.12. The minimum atomic E-state index is -0.638. The van der Waals surface area contributed by atoms with Gasteiger partial charge in [-0.2, -0.15) is 0 Å². The van der Waals surface area contributed by atoms with E-state index in [1.165, 1.54) is 24.4 Å². The lowest BCUT2D eigenvalue weighted by molar-refractivity contribution is -0.127. The second-order valence-electron chi connectivity index (χ2n) is 8.15. The number of ketones is 1. The lowest BCUT2D eigenvalue weighted by atomic mass is 10.1. The van der Waals surface area contributed by atoms with Crippen LogP contribution in [0, 0.1) is 0 Å². The Balaban J connectivity index is 1.37. The van der Waals surface area contributed by atoms with E-state index >= 15 is 0 Å². The van der Waals surface area contributed by atoms with Gasteiger partial charge in [0, 0.05) is 55.9 Å². The number of ether oxygens (including phenoxy) is 1. The standard InChI is InChI=1S/C26H23N5O4/c1-35-20-16-29-22(18-8-5-9-27-14-18)23-21(20)19(15-28-23)24(32)26(34)31-12-10-30(11-13-31)25(33)17-6-3-2-4-7-17/h2-9,14-16,28H,10-13H2,1H3. The highest BCUT2D eigenvalue weighted by atomic mass is 16.5. The maximum Gasteiger partial charge on any atom is 0.295 e. The molecule has 0 unspecified atom stereocenters. The smallest absolute Gasteiger partial charge is 0.295 e. The minimum absolute atomic E-state index is 0.0826. The van der Waals surface area contributed by atoms with E-state index in [9.17, 15) is 14.4 Å². The average Bonchev–Trinajstić information content (AvgIpc) is 3.38. The zero-order valence-corrected chi connectivity index (χ0v) is 19.1. The molecule has 1 N–H and O–H groups in total. The number of piperazine rings is 1. The molecule has 35 heavy (non-hydrogen) atoms. The van der Waals surface area contributed by atoms with Crippen LogP contribution in [0.15, 0.2) is 67.3 Å². The van der Waals surface area contributed by atoms with Gasteiger partial charge in [0.1, 0.15) is 5.75 Å². The largest absolute Gasteiger partial charge is 0.494 e. The number of pyridine rings is 2. The van der Waals surface area contributed by atoms with E-state index in [1.54, 1.807) is 35.5 Å². The Hall–Kier alpha value is -4.53. The Morgan fingerprint density at radius 2 is 1.69 bits per heavy atom. The molecule has 0 saturated carbocycles. The van der Waals surface area contributed by atoms with Crippen molar-refractivity contribution in [3.05, 3.63) is 78.4 Å². The molecule has 2 amide bonds. The van der Waals surface area contributed by atoms with Crippen molar-refractivity contribution in [2.24, 2.45) is 0 Å². The van der Waals surface area contributed by atoms with Crippen molar-refractivity contribution in [1.82, 2.24) is 24.8 Å². The number of methoxy groups -OCH3 is 1. The van der Waals surface area contributed by atoms with Gasteiger partial charge in [0.25, 0.3) is 17.6 Å². The van der Waals surface area contributed by atoms with Crippen LogP contribution in [0.4, 0.5) is 0 Å². The normalized spacial score (nSPS) is 13.6. The van der Waals surface area contributed by atoms with Crippen molar-refractivity contribution in [2.45, 2.75) is 0 Å². The highest BCUT2D eigenvalue weighted by Crippen LogP contribution is 2.34. The number of carbonyl (C=O) groups excluding carboxylic acids is 3. The molecule has 9 heteroatoms. The maximum absolute atomic E-state index is 13.3. The van der Waals surface area contributed by atoms with Crippen LogP contribution in [0.25, 0.3) is 22.2 Å². The van der Waals surface area contributed by atoms with Gasteiger partial charge in [-0.15, -0.1) is 0 Å². The van der Waals surface area contributed by atoms with E-state index in [4.69, 9.17) is 4.74 Å². The van der Waals surface area contributed by atoms with Gasteiger partial charge in [-0.05, 0) is 24.3 Å². The summed E-state index contributed by atoms with van der Waals surface area (Å²) in [6, 6.07) is 12.7. The Morgan fingerprint density at radius 1 is 0.943 bits per heavy atom. The Kier molecular flexibility index (Phi) is 5.97. The number of fused-ring (bicyclic) bond motifs is 1. The third-order valence-corrected chi connectivity index (χ3v) is 6.14. The van der Waals surface area contributed by atoms with Crippen LogP contribution in [0.2, 0.25) is 0 Å². The summed E-state index contributed by atoms with van der Waals surface area (Å²) in [6.07, 6.45) is 6.40. The van der Waals surface area contributed by atoms with Crippen LogP contribution >= 0.6 is 0 Å². The zero-order valence-electron chi connectivity index (χ0n) is 19.1. The molecule has 1 saturated heterocycles. The molecular formula is C26H23N5O4. The molecule has 1 aliphatic heterocycles. The van der Waals surface area contributed by atoms with Gasteiger partial charge in [-0.1, -0.05) is 18.2 Å².